The number of esters is 1. The highest BCUT2D eigenvalue weighted by atomic mass is 32.2. The van der Waals surface area contributed by atoms with E-state index in [1.807, 2.05) is 6.92 Å². The molecule has 1 heterocycles. The van der Waals surface area contributed by atoms with Gasteiger partial charge < -0.3 is 4.74 Å². The molecular weight excluding hydrogens is 408 g/mol. The van der Waals surface area contributed by atoms with E-state index in [4.69, 9.17) is 4.74 Å². The van der Waals surface area contributed by atoms with Crippen LogP contribution in [0.4, 0.5) is 0 Å². The van der Waals surface area contributed by atoms with Gasteiger partial charge >= 0.3 is 5.97 Å². The van der Waals surface area contributed by atoms with Gasteiger partial charge in [0.05, 0.1) is 12.0 Å². The van der Waals surface area contributed by atoms with E-state index in [1.165, 1.54) is 25.7 Å². The zero-order valence-corrected chi connectivity index (χ0v) is 21.6. The van der Waals surface area contributed by atoms with Crippen molar-refractivity contribution < 1.29 is 9.53 Å². The Kier molecular flexibility index (Phi) is 12.5. The Morgan fingerprint density at radius 3 is 2.26 bits per heavy atom. The van der Waals surface area contributed by atoms with Crippen LogP contribution >= 0.6 is 11.8 Å². The van der Waals surface area contributed by atoms with Crippen molar-refractivity contribution in [2.24, 2.45) is 24.3 Å². The second-order valence-corrected chi connectivity index (χ2v) is 10.8. The van der Waals surface area contributed by atoms with E-state index in [1.54, 1.807) is 36.5 Å². The van der Waals surface area contributed by atoms with Gasteiger partial charge in [0, 0.05) is 24.6 Å². The van der Waals surface area contributed by atoms with Crippen LogP contribution in [0.15, 0.2) is 16.1 Å². The summed E-state index contributed by atoms with van der Waals surface area (Å²) in [6, 6.07) is 0. The average molecular weight is 453 g/mol. The van der Waals surface area contributed by atoms with E-state index >= 15 is 0 Å². The summed E-state index contributed by atoms with van der Waals surface area (Å²) in [5.74, 6) is 1.73. The molecule has 0 fully saturated rings. The highest BCUT2D eigenvalue weighted by molar-refractivity contribution is 7.99. The molecule has 0 amide bonds. The summed E-state index contributed by atoms with van der Waals surface area (Å²) >= 11 is 1.66. The zero-order chi connectivity index (χ0) is 23.4. The van der Waals surface area contributed by atoms with E-state index in [0.29, 0.717) is 18.1 Å². The monoisotopic (exact) mass is 452 g/mol. The van der Waals surface area contributed by atoms with Crippen molar-refractivity contribution in [1.29, 1.82) is 0 Å². The van der Waals surface area contributed by atoms with Gasteiger partial charge in [0.25, 0.3) is 5.56 Å². The number of aromatic nitrogens is 2. The lowest BCUT2D eigenvalue weighted by atomic mass is 9.73. The Labute approximate surface area is 193 Å². The minimum Gasteiger partial charge on any atom is -0.465 e. The predicted octanol–water partition coefficient (Wildman–Crippen LogP) is 6.16. The molecule has 0 saturated heterocycles. The number of aryl methyl sites for hydroxylation is 1. The number of ether oxygens (including phenoxy) is 1. The van der Waals surface area contributed by atoms with Crippen molar-refractivity contribution in [3.8, 4) is 0 Å². The molecule has 1 aromatic heterocycles. The van der Waals surface area contributed by atoms with E-state index in [2.05, 4.69) is 32.7 Å². The first-order valence-electron chi connectivity index (χ1n) is 11.9. The molecule has 1 aromatic rings. The maximum Gasteiger partial charge on any atom is 0.312 e. The van der Waals surface area contributed by atoms with Crippen LogP contribution in [0.1, 0.15) is 91.5 Å². The molecule has 31 heavy (non-hydrogen) atoms. The van der Waals surface area contributed by atoms with Crippen LogP contribution in [0.5, 0.6) is 0 Å². The van der Waals surface area contributed by atoms with Crippen molar-refractivity contribution in [3.05, 3.63) is 22.1 Å². The lowest BCUT2D eigenvalue weighted by molar-refractivity contribution is -0.159. The summed E-state index contributed by atoms with van der Waals surface area (Å²) in [7, 11) is 1.79. The van der Waals surface area contributed by atoms with Gasteiger partial charge in [-0.25, -0.2) is 4.98 Å². The zero-order valence-electron chi connectivity index (χ0n) is 20.8. The second-order valence-electron chi connectivity index (χ2n) is 9.72. The van der Waals surface area contributed by atoms with Gasteiger partial charge in [0.1, 0.15) is 0 Å². The molecule has 0 bridgehead atoms. The molecule has 0 N–H and O–H groups in total. The lowest BCUT2D eigenvalue weighted by Gasteiger charge is -2.32. The summed E-state index contributed by atoms with van der Waals surface area (Å²) in [6.07, 6.45) is 10.6. The van der Waals surface area contributed by atoms with Crippen LogP contribution in [0, 0.1) is 24.2 Å². The molecule has 0 aliphatic heterocycles. The fraction of sp³-hybridized carbons (Fsp3) is 0.800. The van der Waals surface area contributed by atoms with E-state index < -0.39 is 0 Å². The normalized spacial score (nSPS) is 13.6. The third kappa shape index (κ3) is 9.38. The number of hydrogen-bond acceptors (Lipinski definition) is 5. The summed E-state index contributed by atoms with van der Waals surface area (Å²) in [6.45, 7) is 12.9. The van der Waals surface area contributed by atoms with Gasteiger partial charge in [0.15, 0.2) is 5.16 Å². The molecule has 0 aliphatic rings. The Balaban J connectivity index is 2.10. The first-order valence-corrected chi connectivity index (χ1v) is 12.9. The number of nitrogens with zero attached hydrogens (tertiary/aromatic N) is 2. The highest BCUT2D eigenvalue weighted by Gasteiger charge is 2.38. The highest BCUT2D eigenvalue weighted by Crippen LogP contribution is 2.35. The van der Waals surface area contributed by atoms with E-state index in [9.17, 15) is 9.59 Å². The summed E-state index contributed by atoms with van der Waals surface area (Å²) in [5, 5.41) is 0.798. The van der Waals surface area contributed by atoms with Crippen LogP contribution in [0.25, 0.3) is 0 Å². The first kappa shape index (κ1) is 27.7. The molecule has 1 rings (SSSR count). The van der Waals surface area contributed by atoms with Crippen molar-refractivity contribution in [2.45, 2.75) is 98.1 Å². The molecule has 1 unspecified atom stereocenters. The number of hydrogen-bond donors (Lipinski definition) is 0. The lowest BCUT2D eigenvalue weighted by Crippen LogP contribution is -2.36. The van der Waals surface area contributed by atoms with Crippen molar-refractivity contribution in [3.63, 3.8) is 0 Å². The van der Waals surface area contributed by atoms with E-state index in [-0.39, 0.29) is 22.9 Å². The quantitative estimate of drug-likeness (QED) is 0.138. The second kappa shape index (κ2) is 14.0. The Morgan fingerprint density at radius 2 is 1.68 bits per heavy atom. The van der Waals surface area contributed by atoms with Crippen molar-refractivity contribution >= 4 is 17.7 Å². The molecule has 178 valence electrons. The van der Waals surface area contributed by atoms with Crippen LogP contribution in [0.3, 0.4) is 0 Å². The molecule has 1 atom stereocenters. The standard InChI is InChI=1S/C25H44N2O3S/c1-19(2)17-25(6,20(3)4)23(29)30-15-13-11-9-8-10-12-14-16-31-24-26-18-21(5)22(28)27(24)7/h18-20H,8-17H2,1-7H3. The van der Waals surface area contributed by atoms with Gasteiger partial charge in [-0.15, -0.1) is 0 Å². The molecular formula is C25H44N2O3S. The predicted molar refractivity (Wildman–Crippen MR) is 131 cm³/mol. The van der Waals surface area contributed by atoms with Gasteiger partial charge in [-0.05, 0) is 44.9 Å². The molecule has 5 nitrogen and oxygen atoms in total. The largest absolute Gasteiger partial charge is 0.465 e. The molecule has 0 radical (unpaired) electrons. The van der Waals surface area contributed by atoms with Crippen LogP contribution in [-0.2, 0) is 16.6 Å². The van der Waals surface area contributed by atoms with Gasteiger partial charge in [0.2, 0.25) is 0 Å². The van der Waals surface area contributed by atoms with E-state index in [0.717, 1.165) is 36.6 Å². The summed E-state index contributed by atoms with van der Waals surface area (Å²) < 4.78 is 7.26. The Bertz CT molecular complexity index is 730. The third-order valence-corrected chi connectivity index (χ3v) is 7.25. The number of thioether (sulfide) groups is 1. The number of unbranched alkanes of at least 4 members (excludes halogenated alkanes) is 6. The van der Waals surface area contributed by atoms with Gasteiger partial charge in [-0.1, -0.05) is 71.6 Å². The number of carbonyl (C=O) groups is 1. The Morgan fingerprint density at radius 1 is 1.10 bits per heavy atom. The smallest absolute Gasteiger partial charge is 0.312 e. The summed E-state index contributed by atoms with van der Waals surface area (Å²) in [4.78, 5) is 28.9. The molecule has 0 aliphatic carbocycles. The minimum atomic E-state index is -0.382. The Hall–Kier alpha value is -1.30. The van der Waals surface area contributed by atoms with Gasteiger partial charge in [-0.3, -0.25) is 14.2 Å². The van der Waals surface area contributed by atoms with Crippen LogP contribution < -0.4 is 5.56 Å². The average Bonchev–Trinajstić information content (AvgIpc) is 2.70. The maximum atomic E-state index is 12.6. The SMILES string of the molecule is Cc1cnc(SCCCCCCCCCOC(=O)C(C)(CC(C)C)C(C)C)n(C)c1=O. The van der Waals surface area contributed by atoms with Crippen molar-refractivity contribution in [2.75, 3.05) is 12.4 Å². The number of rotatable bonds is 15. The fourth-order valence-electron chi connectivity index (χ4n) is 3.76. The fourth-order valence-corrected chi connectivity index (χ4v) is 4.70. The van der Waals surface area contributed by atoms with Gasteiger partial charge in [-0.2, -0.15) is 0 Å². The molecule has 0 aromatic carbocycles. The van der Waals surface area contributed by atoms with Crippen LogP contribution in [0.2, 0.25) is 0 Å². The molecule has 0 saturated carbocycles. The van der Waals surface area contributed by atoms with Crippen LogP contribution in [-0.4, -0.2) is 27.9 Å². The topological polar surface area (TPSA) is 61.2 Å². The third-order valence-electron chi connectivity index (χ3n) is 6.12. The maximum absolute atomic E-state index is 12.6. The first-order chi connectivity index (χ1) is 14.6. The number of carbonyl (C=O) groups excluding carboxylic acids is 1. The molecule has 6 heteroatoms. The minimum absolute atomic E-state index is 0.0331. The summed E-state index contributed by atoms with van der Waals surface area (Å²) in [5.41, 5.74) is 0.343. The molecule has 0 spiro atoms. The van der Waals surface area contributed by atoms with Crippen molar-refractivity contribution in [1.82, 2.24) is 9.55 Å².